The molecule has 0 fully saturated rings. The van der Waals surface area contributed by atoms with E-state index in [0.29, 0.717) is 18.5 Å². The predicted molar refractivity (Wildman–Crippen MR) is 44.6 cm³/mol. The van der Waals surface area contributed by atoms with Gasteiger partial charge in [0.05, 0.1) is 13.3 Å². The standard InChI is InChI=1S/C8H10N2O3/c1-3-10-6(8(12)13-2)4-9-7(10)5-11/h4-5H,3H2,1-2H3. The van der Waals surface area contributed by atoms with Gasteiger partial charge in [0.15, 0.2) is 12.1 Å². The molecule has 5 nitrogen and oxygen atoms in total. The van der Waals surface area contributed by atoms with Crippen molar-refractivity contribution < 1.29 is 14.3 Å². The number of imidazole rings is 1. The van der Waals surface area contributed by atoms with Crippen LogP contribution in [0.2, 0.25) is 0 Å². The molecular weight excluding hydrogens is 172 g/mol. The van der Waals surface area contributed by atoms with Gasteiger partial charge in [0.25, 0.3) is 0 Å². The van der Waals surface area contributed by atoms with Crippen LogP contribution in [0.1, 0.15) is 28.0 Å². The molecule has 13 heavy (non-hydrogen) atoms. The van der Waals surface area contributed by atoms with E-state index in [-0.39, 0.29) is 5.82 Å². The van der Waals surface area contributed by atoms with Gasteiger partial charge in [-0.2, -0.15) is 0 Å². The number of carbonyl (C=O) groups is 2. The monoisotopic (exact) mass is 182 g/mol. The van der Waals surface area contributed by atoms with Crippen LogP contribution < -0.4 is 0 Å². The number of ether oxygens (including phenoxy) is 1. The van der Waals surface area contributed by atoms with Crippen LogP contribution in [0.4, 0.5) is 0 Å². The van der Waals surface area contributed by atoms with Gasteiger partial charge in [0.2, 0.25) is 0 Å². The zero-order valence-electron chi connectivity index (χ0n) is 7.48. The van der Waals surface area contributed by atoms with Gasteiger partial charge in [0, 0.05) is 6.54 Å². The highest BCUT2D eigenvalue weighted by Gasteiger charge is 2.14. The molecule has 0 aliphatic carbocycles. The van der Waals surface area contributed by atoms with E-state index in [1.54, 1.807) is 0 Å². The van der Waals surface area contributed by atoms with Crippen molar-refractivity contribution in [2.45, 2.75) is 13.5 Å². The van der Waals surface area contributed by atoms with Crippen molar-refractivity contribution in [3.05, 3.63) is 17.7 Å². The lowest BCUT2D eigenvalue weighted by molar-refractivity contribution is 0.0588. The number of hydrogen-bond donors (Lipinski definition) is 0. The van der Waals surface area contributed by atoms with Crippen LogP contribution in [0.3, 0.4) is 0 Å². The van der Waals surface area contributed by atoms with Gasteiger partial charge in [-0.05, 0) is 6.92 Å². The third-order valence-corrected chi connectivity index (χ3v) is 1.70. The molecule has 0 aromatic carbocycles. The maximum atomic E-state index is 11.1. The average molecular weight is 182 g/mol. The molecule has 0 amide bonds. The van der Waals surface area contributed by atoms with Crippen molar-refractivity contribution >= 4 is 12.3 Å². The number of methoxy groups -OCH3 is 1. The summed E-state index contributed by atoms with van der Waals surface area (Å²) in [5.41, 5.74) is 0.298. The third-order valence-electron chi connectivity index (χ3n) is 1.70. The first-order chi connectivity index (χ1) is 6.24. The molecule has 0 unspecified atom stereocenters. The van der Waals surface area contributed by atoms with Crippen molar-refractivity contribution in [3.63, 3.8) is 0 Å². The van der Waals surface area contributed by atoms with Crippen molar-refractivity contribution in [3.8, 4) is 0 Å². The molecular formula is C8H10N2O3. The molecule has 70 valence electrons. The van der Waals surface area contributed by atoms with Crippen LogP contribution in [-0.4, -0.2) is 28.9 Å². The lowest BCUT2D eigenvalue weighted by Crippen LogP contribution is -2.11. The highest BCUT2D eigenvalue weighted by atomic mass is 16.5. The van der Waals surface area contributed by atoms with Gasteiger partial charge >= 0.3 is 5.97 Å². The van der Waals surface area contributed by atoms with Crippen molar-refractivity contribution in [1.82, 2.24) is 9.55 Å². The fraction of sp³-hybridized carbons (Fsp3) is 0.375. The van der Waals surface area contributed by atoms with Crippen LogP contribution >= 0.6 is 0 Å². The summed E-state index contributed by atoms with van der Waals surface area (Å²) < 4.78 is 6.02. The Bertz CT molecular complexity index is 330. The lowest BCUT2D eigenvalue weighted by atomic mass is 10.4. The number of carbonyl (C=O) groups excluding carboxylic acids is 2. The zero-order chi connectivity index (χ0) is 9.84. The van der Waals surface area contributed by atoms with Gasteiger partial charge in [-0.3, -0.25) is 4.79 Å². The van der Waals surface area contributed by atoms with Crippen LogP contribution in [0, 0.1) is 0 Å². The molecule has 0 aliphatic rings. The number of nitrogens with zero attached hydrogens (tertiary/aromatic N) is 2. The third kappa shape index (κ3) is 1.58. The molecule has 0 radical (unpaired) electrons. The van der Waals surface area contributed by atoms with E-state index in [1.165, 1.54) is 17.9 Å². The molecule has 1 aromatic heterocycles. The van der Waals surface area contributed by atoms with E-state index in [0.717, 1.165) is 0 Å². The topological polar surface area (TPSA) is 61.2 Å². The van der Waals surface area contributed by atoms with Crippen molar-refractivity contribution in [2.75, 3.05) is 7.11 Å². The Morgan fingerprint density at radius 3 is 2.92 bits per heavy atom. The maximum absolute atomic E-state index is 11.1. The predicted octanol–water partition coefficient (Wildman–Crippen LogP) is 0.502. The molecule has 1 heterocycles. The number of aromatic nitrogens is 2. The second-order valence-corrected chi connectivity index (χ2v) is 2.36. The van der Waals surface area contributed by atoms with E-state index in [2.05, 4.69) is 9.72 Å². The Morgan fingerprint density at radius 1 is 1.77 bits per heavy atom. The molecule has 0 saturated heterocycles. The maximum Gasteiger partial charge on any atom is 0.356 e. The minimum Gasteiger partial charge on any atom is -0.464 e. The van der Waals surface area contributed by atoms with Gasteiger partial charge in [0.1, 0.15) is 5.69 Å². The molecule has 0 bridgehead atoms. The second kappa shape index (κ2) is 3.84. The Hall–Kier alpha value is -1.65. The SMILES string of the molecule is CCn1c(C(=O)OC)cnc1C=O. The zero-order valence-corrected chi connectivity index (χ0v) is 7.48. The van der Waals surface area contributed by atoms with Gasteiger partial charge in [-0.25, -0.2) is 9.78 Å². The Morgan fingerprint density at radius 2 is 2.46 bits per heavy atom. The molecule has 0 N–H and O–H groups in total. The van der Waals surface area contributed by atoms with Crippen LogP contribution in [-0.2, 0) is 11.3 Å². The second-order valence-electron chi connectivity index (χ2n) is 2.36. The molecule has 0 atom stereocenters. The minimum atomic E-state index is -0.484. The quantitative estimate of drug-likeness (QED) is 0.504. The number of esters is 1. The smallest absolute Gasteiger partial charge is 0.356 e. The summed E-state index contributed by atoms with van der Waals surface area (Å²) in [5.74, 6) is -0.245. The number of rotatable bonds is 3. The summed E-state index contributed by atoms with van der Waals surface area (Å²) in [5, 5.41) is 0. The molecule has 1 aromatic rings. The highest BCUT2D eigenvalue weighted by Crippen LogP contribution is 2.04. The first-order valence-corrected chi connectivity index (χ1v) is 3.83. The number of hydrogen-bond acceptors (Lipinski definition) is 4. The van der Waals surface area contributed by atoms with Gasteiger partial charge in [-0.1, -0.05) is 0 Å². The summed E-state index contributed by atoms with van der Waals surface area (Å²) in [6.07, 6.45) is 1.94. The van der Waals surface area contributed by atoms with Gasteiger partial charge < -0.3 is 9.30 Å². The molecule has 0 saturated carbocycles. The fourth-order valence-corrected chi connectivity index (χ4v) is 1.08. The Labute approximate surface area is 75.3 Å². The summed E-state index contributed by atoms with van der Waals surface area (Å²) in [7, 11) is 1.29. The molecule has 0 spiro atoms. The van der Waals surface area contributed by atoms with Crippen LogP contribution in [0.15, 0.2) is 6.20 Å². The fourth-order valence-electron chi connectivity index (χ4n) is 1.08. The summed E-state index contributed by atoms with van der Waals surface area (Å²) in [4.78, 5) is 25.4. The van der Waals surface area contributed by atoms with E-state index < -0.39 is 5.97 Å². The lowest BCUT2D eigenvalue weighted by Gasteiger charge is -2.03. The van der Waals surface area contributed by atoms with Crippen LogP contribution in [0.25, 0.3) is 0 Å². The van der Waals surface area contributed by atoms with E-state index in [9.17, 15) is 9.59 Å². The first-order valence-electron chi connectivity index (χ1n) is 3.83. The summed E-state index contributed by atoms with van der Waals surface area (Å²) in [6.45, 7) is 2.33. The Balaban J connectivity index is 3.14. The van der Waals surface area contributed by atoms with Crippen molar-refractivity contribution in [2.24, 2.45) is 0 Å². The van der Waals surface area contributed by atoms with E-state index in [4.69, 9.17) is 0 Å². The normalized spacial score (nSPS) is 9.69. The summed E-state index contributed by atoms with van der Waals surface area (Å²) >= 11 is 0. The van der Waals surface area contributed by atoms with Gasteiger partial charge in [-0.15, -0.1) is 0 Å². The van der Waals surface area contributed by atoms with Crippen molar-refractivity contribution in [1.29, 1.82) is 0 Å². The Kier molecular flexibility index (Phi) is 2.79. The minimum absolute atomic E-state index is 0.239. The highest BCUT2D eigenvalue weighted by molar-refractivity contribution is 5.88. The molecule has 0 aliphatic heterocycles. The molecule has 1 rings (SSSR count). The molecule has 5 heteroatoms. The number of aldehydes is 1. The largest absolute Gasteiger partial charge is 0.464 e. The van der Waals surface area contributed by atoms with E-state index >= 15 is 0 Å². The average Bonchev–Trinajstić information content (AvgIpc) is 2.58. The van der Waals surface area contributed by atoms with E-state index in [1.807, 2.05) is 6.92 Å². The summed E-state index contributed by atoms with van der Waals surface area (Å²) in [6, 6.07) is 0. The first kappa shape index (κ1) is 9.44. The van der Waals surface area contributed by atoms with Crippen LogP contribution in [0.5, 0.6) is 0 Å².